The van der Waals surface area contributed by atoms with Crippen LogP contribution in [0, 0.1) is 15.9 Å². The standard InChI is InChI=1S/C11H9FN4O3/c1-13-11-14-6-7(12)10(15-11)19-9-5-3-2-4-8(9)16(17)18/h2-6H,1H3,(H,13,14,15). The van der Waals surface area contributed by atoms with Crippen LogP contribution >= 0.6 is 0 Å². The van der Waals surface area contributed by atoms with Gasteiger partial charge in [-0.15, -0.1) is 0 Å². The van der Waals surface area contributed by atoms with Crippen LogP contribution in [-0.2, 0) is 0 Å². The highest BCUT2D eigenvalue weighted by atomic mass is 19.1. The number of nitrogens with zero attached hydrogens (tertiary/aromatic N) is 3. The number of nitro benzene ring substituents is 1. The molecule has 1 aromatic heterocycles. The Bertz CT molecular complexity index is 621. The van der Waals surface area contributed by atoms with Crippen LogP contribution in [0.3, 0.4) is 0 Å². The van der Waals surface area contributed by atoms with Gasteiger partial charge < -0.3 is 10.1 Å². The van der Waals surface area contributed by atoms with E-state index in [1.807, 2.05) is 0 Å². The van der Waals surface area contributed by atoms with E-state index in [1.165, 1.54) is 18.2 Å². The number of para-hydroxylation sites is 2. The van der Waals surface area contributed by atoms with Crippen LogP contribution in [0.2, 0.25) is 0 Å². The second-order valence-corrected chi connectivity index (χ2v) is 3.42. The summed E-state index contributed by atoms with van der Waals surface area (Å²) in [6.07, 6.45) is 0.920. The van der Waals surface area contributed by atoms with Crippen molar-refractivity contribution in [2.75, 3.05) is 12.4 Å². The number of rotatable bonds is 4. The van der Waals surface area contributed by atoms with Gasteiger partial charge in [-0.05, 0) is 6.07 Å². The van der Waals surface area contributed by atoms with Crippen LogP contribution in [-0.4, -0.2) is 21.9 Å². The molecule has 2 aromatic rings. The molecule has 7 nitrogen and oxygen atoms in total. The number of hydrogen-bond acceptors (Lipinski definition) is 6. The lowest BCUT2D eigenvalue weighted by Crippen LogP contribution is -2.01. The van der Waals surface area contributed by atoms with Gasteiger partial charge in [-0.3, -0.25) is 10.1 Å². The Morgan fingerprint density at radius 2 is 2.16 bits per heavy atom. The molecule has 1 heterocycles. The molecule has 0 spiro atoms. The Morgan fingerprint density at radius 1 is 1.42 bits per heavy atom. The lowest BCUT2D eigenvalue weighted by Gasteiger charge is -2.07. The molecule has 8 heteroatoms. The Balaban J connectivity index is 2.38. The van der Waals surface area contributed by atoms with E-state index >= 15 is 0 Å². The highest BCUT2D eigenvalue weighted by Crippen LogP contribution is 2.31. The molecule has 0 saturated carbocycles. The van der Waals surface area contributed by atoms with E-state index in [0.717, 1.165) is 6.20 Å². The van der Waals surface area contributed by atoms with Gasteiger partial charge in [-0.25, -0.2) is 4.98 Å². The molecule has 98 valence electrons. The normalized spacial score (nSPS) is 10.0. The molecule has 0 saturated heterocycles. The Morgan fingerprint density at radius 3 is 2.84 bits per heavy atom. The first-order valence-electron chi connectivity index (χ1n) is 5.23. The van der Waals surface area contributed by atoms with Crippen molar-refractivity contribution in [3.8, 4) is 11.6 Å². The molecule has 0 atom stereocenters. The van der Waals surface area contributed by atoms with E-state index in [4.69, 9.17) is 4.74 Å². The summed E-state index contributed by atoms with van der Waals surface area (Å²) in [5, 5.41) is 13.4. The fourth-order valence-electron chi connectivity index (χ4n) is 1.34. The topological polar surface area (TPSA) is 90.2 Å². The van der Waals surface area contributed by atoms with E-state index in [2.05, 4.69) is 15.3 Å². The first kappa shape index (κ1) is 12.7. The molecule has 0 radical (unpaired) electrons. The predicted octanol–water partition coefficient (Wildman–Crippen LogP) is 2.36. The van der Waals surface area contributed by atoms with Gasteiger partial charge in [0, 0.05) is 13.1 Å². The van der Waals surface area contributed by atoms with Gasteiger partial charge in [-0.1, -0.05) is 12.1 Å². The smallest absolute Gasteiger partial charge is 0.311 e. The number of benzene rings is 1. The lowest BCUT2D eigenvalue weighted by molar-refractivity contribution is -0.385. The molecule has 0 aliphatic carbocycles. The third kappa shape index (κ3) is 2.73. The summed E-state index contributed by atoms with van der Waals surface area (Å²) in [5.41, 5.74) is -0.272. The number of halogens is 1. The summed E-state index contributed by atoms with van der Waals surface area (Å²) in [6.45, 7) is 0. The maximum absolute atomic E-state index is 13.5. The Labute approximate surface area is 107 Å². The quantitative estimate of drug-likeness (QED) is 0.673. The van der Waals surface area contributed by atoms with E-state index in [0.29, 0.717) is 0 Å². The number of nitrogens with one attached hydrogen (secondary N) is 1. The number of aromatic nitrogens is 2. The molecule has 2 rings (SSSR count). The maximum Gasteiger partial charge on any atom is 0.311 e. The predicted molar refractivity (Wildman–Crippen MR) is 64.7 cm³/mol. The zero-order chi connectivity index (χ0) is 13.8. The Hall–Kier alpha value is -2.77. The van der Waals surface area contributed by atoms with E-state index in [1.54, 1.807) is 13.1 Å². The van der Waals surface area contributed by atoms with E-state index in [9.17, 15) is 14.5 Å². The van der Waals surface area contributed by atoms with E-state index < -0.39 is 10.7 Å². The van der Waals surface area contributed by atoms with Gasteiger partial charge in [0.1, 0.15) is 0 Å². The molecule has 1 aromatic carbocycles. The third-order valence-corrected chi connectivity index (χ3v) is 2.20. The van der Waals surface area contributed by atoms with Gasteiger partial charge in [0.25, 0.3) is 5.88 Å². The van der Waals surface area contributed by atoms with Gasteiger partial charge in [0.15, 0.2) is 0 Å². The van der Waals surface area contributed by atoms with Crippen molar-refractivity contribution in [3.05, 3.63) is 46.4 Å². The summed E-state index contributed by atoms with van der Waals surface area (Å²) < 4.78 is 18.6. The van der Waals surface area contributed by atoms with Gasteiger partial charge in [0.05, 0.1) is 11.1 Å². The minimum atomic E-state index is -0.808. The minimum Gasteiger partial charge on any atom is -0.429 e. The second-order valence-electron chi connectivity index (χ2n) is 3.42. The van der Waals surface area contributed by atoms with Crippen LogP contribution in [0.5, 0.6) is 11.6 Å². The number of ether oxygens (including phenoxy) is 1. The molecular formula is C11H9FN4O3. The first-order chi connectivity index (χ1) is 9.11. The molecule has 0 fully saturated rings. The van der Waals surface area contributed by atoms with Crippen LogP contribution in [0.15, 0.2) is 30.5 Å². The van der Waals surface area contributed by atoms with Crippen molar-refractivity contribution in [2.24, 2.45) is 0 Å². The monoisotopic (exact) mass is 264 g/mol. The Kier molecular flexibility index (Phi) is 3.51. The largest absolute Gasteiger partial charge is 0.429 e. The van der Waals surface area contributed by atoms with Crippen molar-refractivity contribution in [2.45, 2.75) is 0 Å². The van der Waals surface area contributed by atoms with Gasteiger partial charge in [0.2, 0.25) is 17.5 Å². The summed E-state index contributed by atoms with van der Waals surface area (Å²) in [4.78, 5) is 17.6. The molecule has 19 heavy (non-hydrogen) atoms. The van der Waals surface area contributed by atoms with Crippen molar-refractivity contribution in [1.29, 1.82) is 0 Å². The summed E-state index contributed by atoms with van der Waals surface area (Å²) >= 11 is 0. The molecule has 1 N–H and O–H groups in total. The third-order valence-electron chi connectivity index (χ3n) is 2.20. The second kappa shape index (κ2) is 5.25. The fourth-order valence-corrected chi connectivity index (χ4v) is 1.34. The number of nitro groups is 1. The van der Waals surface area contributed by atoms with Crippen molar-refractivity contribution in [3.63, 3.8) is 0 Å². The van der Waals surface area contributed by atoms with Crippen LogP contribution in [0.4, 0.5) is 16.0 Å². The zero-order valence-electron chi connectivity index (χ0n) is 9.83. The highest BCUT2D eigenvalue weighted by molar-refractivity contribution is 5.47. The summed E-state index contributed by atoms with van der Waals surface area (Å²) in [6, 6.07) is 5.65. The van der Waals surface area contributed by atoms with Crippen molar-refractivity contribution in [1.82, 2.24) is 9.97 Å². The first-order valence-corrected chi connectivity index (χ1v) is 5.23. The molecule has 0 aliphatic rings. The molecule has 0 bridgehead atoms. The summed E-state index contributed by atoms with van der Waals surface area (Å²) in [5.74, 6) is -1.13. The van der Waals surface area contributed by atoms with Gasteiger partial charge >= 0.3 is 5.69 Å². The van der Waals surface area contributed by atoms with Crippen LogP contribution in [0.25, 0.3) is 0 Å². The minimum absolute atomic E-state index is 0.0906. The maximum atomic E-state index is 13.5. The molecular weight excluding hydrogens is 255 g/mol. The SMILES string of the molecule is CNc1ncc(F)c(Oc2ccccc2[N+](=O)[O-])n1. The fraction of sp³-hybridized carbons (Fsp3) is 0.0909. The average molecular weight is 264 g/mol. The zero-order valence-corrected chi connectivity index (χ0v) is 9.83. The highest BCUT2D eigenvalue weighted by Gasteiger charge is 2.17. The molecule has 0 amide bonds. The molecule has 0 unspecified atom stereocenters. The van der Waals surface area contributed by atoms with Crippen molar-refractivity contribution < 1.29 is 14.1 Å². The van der Waals surface area contributed by atoms with Crippen LogP contribution < -0.4 is 10.1 Å². The number of anilines is 1. The average Bonchev–Trinajstić information content (AvgIpc) is 2.41. The number of hydrogen-bond donors (Lipinski definition) is 1. The van der Waals surface area contributed by atoms with Crippen molar-refractivity contribution >= 4 is 11.6 Å². The van der Waals surface area contributed by atoms with Crippen LogP contribution in [0.1, 0.15) is 0 Å². The lowest BCUT2D eigenvalue weighted by atomic mass is 10.3. The summed E-state index contributed by atoms with van der Waals surface area (Å²) in [7, 11) is 1.56. The molecule has 0 aliphatic heterocycles. The van der Waals surface area contributed by atoms with E-state index in [-0.39, 0.29) is 23.3 Å². The van der Waals surface area contributed by atoms with Gasteiger partial charge in [-0.2, -0.15) is 9.37 Å².